The van der Waals surface area contributed by atoms with Crippen LogP contribution in [0, 0.1) is 0 Å². The van der Waals surface area contributed by atoms with E-state index in [0.29, 0.717) is 13.2 Å². The third kappa shape index (κ3) is 0.826. The van der Waals surface area contributed by atoms with Crippen molar-refractivity contribution in [3.05, 3.63) is 11.3 Å². The van der Waals surface area contributed by atoms with Gasteiger partial charge < -0.3 is 10.5 Å². The van der Waals surface area contributed by atoms with Crippen molar-refractivity contribution in [2.75, 3.05) is 5.73 Å². The highest BCUT2D eigenvalue weighted by molar-refractivity contribution is 5.44. The molecule has 11 heavy (non-hydrogen) atoms. The van der Waals surface area contributed by atoms with E-state index in [9.17, 15) is 0 Å². The van der Waals surface area contributed by atoms with E-state index in [1.165, 1.54) is 0 Å². The van der Waals surface area contributed by atoms with Crippen LogP contribution >= 0.6 is 0 Å². The van der Waals surface area contributed by atoms with Crippen molar-refractivity contribution in [2.24, 2.45) is 0 Å². The number of aromatic nitrogens is 2. The van der Waals surface area contributed by atoms with Gasteiger partial charge in [0.2, 0.25) is 0 Å². The molecule has 0 unspecified atom stereocenters. The maximum atomic E-state index is 5.79. The highest BCUT2D eigenvalue weighted by Crippen LogP contribution is 2.24. The van der Waals surface area contributed by atoms with Gasteiger partial charge in [0.25, 0.3) is 0 Å². The number of aryl methyl sites for hydroxylation is 1. The molecule has 0 amide bonds. The summed E-state index contributed by atoms with van der Waals surface area (Å²) in [5.41, 5.74) is 7.87. The third-order valence-corrected chi connectivity index (χ3v) is 1.96. The van der Waals surface area contributed by atoms with Gasteiger partial charge in [-0.25, -0.2) is 4.68 Å². The van der Waals surface area contributed by atoms with Gasteiger partial charge in [0.15, 0.2) is 0 Å². The molecule has 1 aromatic rings. The second-order valence-electron chi connectivity index (χ2n) is 2.62. The first kappa shape index (κ1) is 6.67. The smallest absolute Gasteiger partial charge is 0.127 e. The molecule has 1 aliphatic rings. The van der Waals surface area contributed by atoms with Crippen LogP contribution in [0.25, 0.3) is 0 Å². The van der Waals surface area contributed by atoms with Crippen LogP contribution in [0.3, 0.4) is 0 Å². The number of ether oxygens (including phenoxy) is 1. The molecule has 4 nitrogen and oxygen atoms in total. The van der Waals surface area contributed by atoms with E-state index in [2.05, 4.69) is 5.10 Å². The Morgan fingerprint density at radius 1 is 1.64 bits per heavy atom. The normalized spacial score (nSPS) is 15.4. The third-order valence-electron chi connectivity index (χ3n) is 1.96. The first-order chi connectivity index (χ1) is 5.33. The molecule has 0 atom stereocenters. The lowest BCUT2D eigenvalue weighted by Gasteiger charge is -1.99. The molecule has 2 heterocycles. The topological polar surface area (TPSA) is 53.1 Å². The first-order valence-electron chi connectivity index (χ1n) is 3.74. The van der Waals surface area contributed by atoms with E-state index < -0.39 is 0 Å². The highest BCUT2D eigenvalue weighted by atomic mass is 16.5. The zero-order valence-electron chi connectivity index (χ0n) is 6.50. The molecular weight excluding hydrogens is 142 g/mol. The molecule has 0 saturated heterocycles. The average Bonchev–Trinajstić information content (AvgIpc) is 2.53. The molecule has 0 radical (unpaired) electrons. The van der Waals surface area contributed by atoms with Crippen LogP contribution in [-0.2, 0) is 24.5 Å². The molecule has 0 aliphatic carbocycles. The fraction of sp³-hybridized carbons (Fsp3) is 0.571. The summed E-state index contributed by atoms with van der Waals surface area (Å²) >= 11 is 0. The molecule has 60 valence electrons. The van der Waals surface area contributed by atoms with Crippen LogP contribution in [0.5, 0.6) is 0 Å². The lowest BCUT2D eigenvalue weighted by Crippen LogP contribution is -2.04. The van der Waals surface area contributed by atoms with Crippen LogP contribution in [0.2, 0.25) is 0 Å². The lowest BCUT2D eigenvalue weighted by atomic mass is 10.3. The summed E-state index contributed by atoms with van der Waals surface area (Å²) in [4.78, 5) is 0. The van der Waals surface area contributed by atoms with Crippen molar-refractivity contribution in [3.63, 3.8) is 0 Å². The predicted octanol–water partition coefficient (Wildman–Crippen LogP) is 0.515. The fourth-order valence-electron chi connectivity index (χ4n) is 1.33. The van der Waals surface area contributed by atoms with Crippen molar-refractivity contribution in [1.82, 2.24) is 9.78 Å². The largest absolute Gasteiger partial charge is 0.384 e. The van der Waals surface area contributed by atoms with Crippen molar-refractivity contribution >= 4 is 5.82 Å². The highest BCUT2D eigenvalue weighted by Gasteiger charge is 2.19. The molecular formula is C7H11N3O. The quantitative estimate of drug-likeness (QED) is 0.639. The number of hydrogen-bond donors (Lipinski definition) is 1. The van der Waals surface area contributed by atoms with Gasteiger partial charge in [-0.1, -0.05) is 0 Å². The van der Waals surface area contributed by atoms with Crippen LogP contribution in [0.1, 0.15) is 18.2 Å². The number of hydrogen-bond acceptors (Lipinski definition) is 3. The molecule has 2 N–H and O–H groups in total. The van der Waals surface area contributed by atoms with E-state index >= 15 is 0 Å². The van der Waals surface area contributed by atoms with E-state index in [-0.39, 0.29) is 0 Å². The molecule has 0 saturated carbocycles. The molecule has 4 heteroatoms. The van der Waals surface area contributed by atoms with Gasteiger partial charge in [0.1, 0.15) is 5.82 Å². The molecule has 0 spiro atoms. The van der Waals surface area contributed by atoms with Gasteiger partial charge in [-0.05, 0) is 6.92 Å². The van der Waals surface area contributed by atoms with E-state index in [1.807, 2.05) is 11.6 Å². The average molecular weight is 153 g/mol. The zero-order chi connectivity index (χ0) is 7.84. The van der Waals surface area contributed by atoms with Crippen molar-refractivity contribution in [3.8, 4) is 0 Å². The lowest BCUT2D eigenvalue weighted by molar-refractivity contribution is 0.131. The number of nitrogen functional groups attached to an aromatic ring is 1. The number of nitrogens with zero attached hydrogens (tertiary/aromatic N) is 2. The SMILES string of the molecule is CCn1nc2c(c1N)COC2. The summed E-state index contributed by atoms with van der Waals surface area (Å²) in [6.07, 6.45) is 0. The molecule has 0 aromatic carbocycles. The molecule has 2 rings (SSSR count). The summed E-state index contributed by atoms with van der Waals surface area (Å²) < 4.78 is 6.99. The standard InChI is InChI=1S/C7H11N3O/c1-2-10-7(8)5-3-11-4-6(5)9-10/h2-4,8H2,1H3. The molecule has 1 aliphatic heterocycles. The Labute approximate surface area is 64.9 Å². The Bertz CT molecular complexity index is 279. The summed E-state index contributed by atoms with van der Waals surface area (Å²) in [5.74, 6) is 0.764. The van der Waals surface area contributed by atoms with Crippen LogP contribution < -0.4 is 5.73 Å². The first-order valence-corrected chi connectivity index (χ1v) is 3.74. The van der Waals surface area contributed by atoms with Gasteiger partial charge >= 0.3 is 0 Å². The van der Waals surface area contributed by atoms with Crippen LogP contribution in [0.15, 0.2) is 0 Å². The summed E-state index contributed by atoms with van der Waals surface area (Å²) in [6.45, 7) is 4.10. The summed E-state index contributed by atoms with van der Waals surface area (Å²) in [6, 6.07) is 0. The number of anilines is 1. The Balaban J connectivity index is 2.49. The van der Waals surface area contributed by atoms with E-state index in [4.69, 9.17) is 10.5 Å². The van der Waals surface area contributed by atoms with E-state index in [0.717, 1.165) is 23.6 Å². The Morgan fingerprint density at radius 2 is 2.45 bits per heavy atom. The predicted molar refractivity (Wildman–Crippen MR) is 40.8 cm³/mol. The van der Waals surface area contributed by atoms with E-state index in [1.54, 1.807) is 0 Å². The van der Waals surface area contributed by atoms with Crippen molar-refractivity contribution in [2.45, 2.75) is 26.7 Å². The minimum Gasteiger partial charge on any atom is -0.384 e. The molecule has 1 aromatic heterocycles. The molecule has 0 fully saturated rings. The maximum Gasteiger partial charge on any atom is 0.127 e. The van der Waals surface area contributed by atoms with Gasteiger partial charge in [0, 0.05) is 12.1 Å². The Kier molecular flexibility index (Phi) is 1.35. The minimum atomic E-state index is 0.618. The van der Waals surface area contributed by atoms with Crippen LogP contribution in [-0.4, -0.2) is 9.78 Å². The maximum absolute atomic E-state index is 5.79. The Hall–Kier alpha value is -1.03. The van der Waals surface area contributed by atoms with Crippen molar-refractivity contribution in [1.29, 1.82) is 0 Å². The molecule has 0 bridgehead atoms. The number of nitrogens with two attached hydrogens (primary N) is 1. The van der Waals surface area contributed by atoms with Crippen LogP contribution in [0.4, 0.5) is 5.82 Å². The van der Waals surface area contributed by atoms with Gasteiger partial charge in [0.05, 0.1) is 18.9 Å². The second-order valence-corrected chi connectivity index (χ2v) is 2.62. The summed E-state index contributed by atoms with van der Waals surface area (Å²) in [7, 11) is 0. The Morgan fingerprint density at radius 3 is 3.09 bits per heavy atom. The number of rotatable bonds is 1. The fourth-order valence-corrected chi connectivity index (χ4v) is 1.33. The van der Waals surface area contributed by atoms with Gasteiger partial charge in [-0.2, -0.15) is 5.10 Å². The monoisotopic (exact) mass is 153 g/mol. The second kappa shape index (κ2) is 2.23. The van der Waals surface area contributed by atoms with Crippen molar-refractivity contribution < 1.29 is 4.74 Å². The minimum absolute atomic E-state index is 0.618. The van der Waals surface area contributed by atoms with Gasteiger partial charge in [-0.15, -0.1) is 0 Å². The van der Waals surface area contributed by atoms with Gasteiger partial charge in [-0.3, -0.25) is 0 Å². The zero-order valence-corrected chi connectivity index (χ0v) is 6.50. The number of fused-ring (bicyclic) bond motifs is 1. The summed E-state index contributed by atoms with van der Waals surface area (Å²) in [5, 5.41) is 4.28.